The molecule has 2 N–H and O–H groups in total. The predicted octanol–water partition coefficient (Wildman–Crippen LogP) is 2.89. The molecule has 1 aromatic heterocycles. The van der Waals surface area contributed by atoms with E-state index in [4.69, 9.17) is 4.74 Å². The van der Waals surface area contributed by atoms with Gasteiger partial charge in [-0.1, -0.05) is 20.8 Å². The molecule has 0 saturated heterocycles. The van der Waals surface area contributed by atoms with Crippen molar-refractivity contribution in [2.45, 2.75) is 52.0 Å². The topological polar surface area (TPSA) is 145 Å². The monoisotopic (exact) mass is 467 g/mol. The summed E-state index contributed by atoms with van der Waals surface area (Å²) in [6.07, 6.45) is 0.744. The number of carbonyl (C=O) groups is 1. The molecule has 0 aliphatic carbocycles. The van der Waals surface area contributed by atoms with E-state index in [1.807, 2.05) is 27.7 Å². The van der Waals surface area contributed by atoms with Crippen molar-refractivity contribution in [2.75, 3.05) is 6.54 Å². The molecule has 1 heterocycles. The Labute approximate surface area is 187 Å². The summed E-state index contributed by atoms with van der Waals surface area (Å²) in [5, 5.41) is 18.2. The van der Waals surface area contributed by atoms with Crippen LogP contribution in [0.2, 0.25) is 0 Å². The SMILES string of the molecule is CC[C@H](C)NC(=O)c1nn(C)c(Oc2ccc([N+](=O)[O-])cc2S(=O)(=O)NCC(C)C)c1C. The highest BCUT2D eigenvalue weighted by atomic mass is 32.2. The molecule has 0 spiro atoms. The molecule has 0 radical (unpaired) electrons. The Morgan fingerprint density at radius 3 is 2.53 bits per heavy atom. The van der Waals surface area contributed by atoms with Gasteiger partial charge < -0.3 is 10.1 Å². The van der Waals surface area contributed by atoms with Gasteiger partial charge in [0.25, 0.3) is 11.6 Å². The van der Waals surface area contributed by atoms with Crippen LogP contribution in [0.25, 0.3) is 0 Å². The third-order valence-corrected chi connectivity index (χ3v) is 6.19. The molecule has 12 heteroatoms. The van der Waals surface area contributed by atoms with Gasteiger partial charge in [0.15, 0.2) is 5.69 Å². The Morgan fingerprint density at radius 2 is 1.97 bits per heavy atom. The number of aromatic nitrogens is 2. The predicted molar refractivity (Wildman–Crippen MR) is 118 cm³/mol. The summed E-state index contributed by atoms with van der Waals surface area (Å²) >= 11 is 0. The summed E-state index contributed by atoms with van der Waals surface area (Å²) in [4.78, 5) is 22.7. The third kappa shape index (κ3) is 5.82. The first-order valence-electron chi connectivity index (χ1n) is 10.2. The van der Waals surface area contributed by atoms with Gasteiger partial charge in [0.2, 0.25) is 15.9 Å². The van der Waals surface area contributed by atoms with Crippen LogP contribution in [0.3, 0.4) is 0 Å². The van der Waals surface area contributed by atoms with E-state index in [0.717, 1.165) is 18.6 Å². The lowest BCUT2D eigenvalue weighted by molar-refractivity contribution is -0.385. The van der Waals surface area contributed by atoms with Crippen LogP contribution in [0.4, 0.5) is 5.69 Å². The smallest absolute Gasteiger partial charge is 0.272 e. The van der Waals surface area contributed by atoms with Crippen molar-refractivity contribution in [2.24, 2.45) is 13.0 Å². The van der Waals surface area contributed by atoms with Gasteiger partial charge in [-0.05, 0) is 32.3 Å². The van der Waals surface area contributed by atoms with Crippen LogP contribution in [0.15, 0.2) is 23.1 Å². The van der Waals surface area contributed by atoms with E-state index in [2.05, 4.69) is 15.1 Å². The molecule has 11 nitrogen and oxygen atoms in total. The molecule has 2 rings (SSSR count). The molecular formula is C20H29N5O6S. The van der Waals surface area contributed by atoms with E-state index >= 15 is 0 Å². The van der Waals surface area contributed by atoms with E-state index in [9.17, 15) is 23.3 Å². The quantitative estimate of drug-likeness (QED) is 0.403. The van der Waals surface area contributed by atoms with Gasteiger partial charge in [-0.25, -0.2) is 17.8 Å². The number of nitrogens with zero attached hydrogens (tertiary/aromatic N) is 3. The lowest BCUT2D eigenvalue weighted by Gasteiger charge is -2.14. The molecule has 32 heavy (non-hydrogen) atoms. The Morgan fingerprint density at radius 1 is 1.31 bits per heavy atom. The highest BCUT2D eigenvalue weighted by Gasteiger charge is 2.27. The number of hydrogen-bond donors (Lipinski definition) is 2. The van der Waals surface area contributed by atoms with E-state index in [-0.39, 0.29) is 46.6 Å². The van der Waals surface area contributed by atoms with Crippen LogP contribution in [-0.4, -0.2) is 41.6 Å². The Hall–Kier alpha value is -2.99. The van der Waals surface area contributed by atoms with Crippen molar-refractivity contribution < 1.29 is 22.9 Å². The standard InChI is InChI=1S/C20H29N5O6S/c1-7-13(4)22-19(26)18-14(5)20(24(6)23-18)31-16-9-8-15(25(27)28)10-17(16)32(29,30)21-11-12(2)3/h8-10,12-13,21H,7,11H2,1-6H3,(H,22,26)/t13-/m0/s1. The first kappa shape index (κ1) is 25.3. The number of benzene rings is 1. The van der Waals surface area contributed by atoms with E-state index in [1.165, 1.54) is 10.7 Å². The number of amides is 1. The zero-order valence-electron chi connectivity index (χ0n) is 19.0. The molecule has 0 unspecified atom stereocenters. The van der Waals surface area contributed by atoms with Crippen LogP contribution in [0.1, 0.15) is 50.2 Å². The Bertz CT molecular complexity index is 1110. The molecule has 2 aromatic rings. The minimum absolute atomic E-state index is 0.0266. The maximum absolute atomic E-state index is 12.9. The van der Waals surface area contributed by atoms with Crippen molar-refractivity contribution in [3.63, 3.8) is 0 Å². The number of nitro groups is 1. The van der Waals surface area contributed by atoms with Crippen LogP contribution >= 0.6 is 0 Å². The highest BCUT2D eigenvalue weighted by Crippen LogP contribution is 2.34. The van der Waals surface area contributed by atoms with Gasteiger partial charge in [-0.15, -0.1) is 0 Å². The normalized spacial score (nSPS) is 12.6. The van der Waals surface area contributed by atoms with Crippen molar-refractivity contribution in [3.05, 3.63) is 39.6 Å². The first-order valence-corrected chi connectivity index (χ1v) is 11.7. The molecular weight excluding hydrogens is 438 g/mol. The maximum atomic E-state index is 12.9. The molecule has 1 amide bonds. The maximum Gasteiger partial charge on any atom is 0.272 e. The summed E-state index contributed by atoms with van der Waals surface area (Å²) < 4.78 is 35.3. The molecule has 176 valence electrons. The fourth-order valence-corrected chi connectivity index (χ4v) is 4.09. The fraction of sp³-hybridized carbons (Fsp3) is 0.500. The molecule has 1 atom stereocenters. The third-order valence-electron chi connectivity index (χ3n) is 4.74. The van der Waals surface area contributed by atoms with Crippen LogP contribution in [0.5, 0.6) is 11.6 Å². The summed E-state index contributed by atoms with van der Waals surface area (Å²) in [6, 6.07) is 3.26. The molecule has 0 aliphatic heterocycles. The van der Waals surface area contributed by atoms with Gasteiger partial charge in [0.1, 0.15) is 10.6 Å². The van der Waals surface area contributed by atoms with Crippen molar-refractivity contribution in [1.82, 2.24) is 19.8 Å². The summed E-state index contributed by atoms with van der Waals surface area (Å²) in [6.45, 7) is 9.25. The second kappa shape index (κ2) is 10.1. The fourth-order valence-electron chi connectivity index (χ4n) is 2.73. The number of aryl methyl sites for hydroxylation is 1. The van der Waals surface area contributed by atoms with Gasteiger partial charge >= 0.3 is 0 Å². The zero-order chi connectivity index (χ0) is 24.2. The van der Waals surface area contributed by atoms with Gasteiger partial charge in [-0.3, -0.25) is 14.9 Å². The van der Waals surface area contributed by atoms with E-state index < -0.39 is 20.6 Å². The van der Waals surface area contributed by atoms with Crippen LogP contribution in [-0.2, 0) is 17.1 Å². The average Bonchev–Trinajstić information content (AvgIpc) is 3.00. The van der Waals surface area contributed by atoms with E-state index in [1.54, 1.807) is 14.0 Å². The second-order valence-electron chi connectivity index (χ2n) is 7.92. The second-order valence-corrected chi connectivity index (χ2v) is 9.66. The van der Waals surface area contributed by atoms with Crippen molar-refractivity contribution >= 4 is 21.6 Å². The Kier molecular flexibility index (Phi) is 7.97. The number of hydrogen-bond acceptors (Lipinski definition) is 7. The number of ether oxygens (including phenoxy) is 1. The van der Waals surface area contributed by atoms with Crippen LogP contribution < -0.4 is 14.8 Å². The number of sulfonamides is 1. The lowest BCUT2D eigenvalue weighted by Crippen LogP contribution is -2.32. The number of nitro benzene ring substituents is 1. The lowest BCUT2D eigenvalue weighted by atomic mass is 10.2. The van der Waals surface area contributed by atoms with Gasteiger partial charge in [-0.2, -0.15) is 5.10 Å². The number of non-ortho nitro benzene ring substituents is 1. The molecule has 0 aliphatic rings. The number of nitrogens with one attached hydrogen (secondary N) is 2. The average molecular weight is 468 g/mol. The molecule has 0 bridgehead atoms. The number of rotatable bonds is 10. The summed E-state index contributed by atoms with van der Waals surface area (Å²) in [5.41, 5.74) is 0.162. The van der Waals surface area contributed by atoms with Gasteiger partial charge in [0.05, 0.1) is 4.92 Å². The summed E-state index contributed by atoms with van der Waals surface area (Å²) in [7, 11) is -2.55. The highest BCUT2D eigenvalue weighted by molar-refractivity contribution is 7.89. The minimum Gasteiger partial charge on any atom is -0.438 e. The molecule has 0 saturated carbocycles. The van der Waals surface area contributed by atoms with Crippen molar-refractivity contribution in [1.29, 1.82) is 0 Å². The molecule has 0 fully saturated rings. The first-order chi connectivity index (χ1) is 14.9. The minimum atomic E-state index is -4.11. The van der Waals surface area contributed by atoms with Crippen LogP contribution in [0, 0.1) is 23.0 Å². The number of carbonyl (C=O) groups excluding carboxylic acids is 1. The van der Waals surface area contributed by atoms with Crippen molar-refractivity contribution in [3.8, 4) is 11.6 Å². The Balaban J connectivity index is 2.49. The zero-order valence-corrected chi connectivity index (χ0v) is 19.8. The summed E-state index contributed by atoms with van der Waals surface area (Å²) in [5.74, 6) is -0.323. The van der Waals surface area contributed by atoms with E-state index in [0.29, 0.717) is 5.56 Å². The molecule has 1 aromatic carbocycles. The largest absolute Gasteiger partial charge is 0.438 e. The van der Waals surface area contributed by atoms with Gasteiger partial charge in [0, 0.05) is 37.3 Å².